The molecule has 0 amide bonds. The number of benzene rings is 1. The highest BCUT2D eigenvalue weighted by Crippen LogP contribution is 2.26. The smallest absolute Gasteiger partial charge is 0.387 e. The molecule has 1 aromatic rings. The molecule has 0 saturated heterocycles. The maximum absolute atomic E-state index is 12.3. The Hall–Kier alpha value is -1.20. The molecule has 0 aliphatic heterocycles. The number of hydrogen-bond acceptors (Lipinski definition) is 3. The third-order valence-electron chi connectivity index (χ3n) is 2.84. The lowest BCUT2D eigenvalue weighted by atomic mass is 10.0. The van der Waals surface area contributed by atoms with Crippen molar-refractivity contribution in [1.29, 1.82) is 0 Å². The lowest BCUT2D eigenvalue weighted by Gasteiger charge is -2.23. The molecule has 0 aliphatic carbocycles. The van der Waals surface area contributed by atoms with Gasteiger partial charge in [0, 0.05) is 24.2 Å². The number of hydrogen-bond donors (Lipinski definition) is 2. The van der Waals surface area contributed by atoms with Gasteiger partial charge in [0.1, 0.15) is 5.75 Å². The number of nitrogens with two attached hydrogens (primary N) is 1. The Labute approximate surface area is 106 Å². The maximum atomic E-state index is 12.3. The minimum atomic E-state index is -2.83. The van der Waals surface area contributed by atoms with E-state index in [1.165, 1.54) is 6.07 Å². The van der Waals surface area contributed by atoms with Crippen molar-refractivity contribution in [2.75, 3.05) is 6.54 Å². The first-order valence-corrected chi connectivity index (χ1v) is 6.08. The van der Waals surface area contributed by atoms with Crippen molar-refractivity contribution in [3.8, 4) is 5.75 Å². The van der Waals surface area contributed by atoms with Gasteiger partial charge in [-0.25, -0.2) is 0 Å². The van der Waals surface area contributed by atoms with E-state index >= 15 is 0 Å². The normalized spacial score (nSPS) is 14.6. The highest BCUT2D eigenvalue weighted by Gasteiger charge is 2.17. The molecule has 3 nitrogen and oxygen atoms in total. The van der Waals surface area contributed by atoms with Gasteiger partial charge in [0.25, 0.3) is 0 Å². The van der Waals surface area contributed by atoms with Crippen molar-refractivity contribution in [1.82, 2.24) is 5.32 Å². The Bertz CT molecular complexity index is 361. The molecule has 1 rings (SSSR count). The van der Waals surface area contributed by atoms with Gasteiger partial charge in [0.2, 0.25) is 0 Å². The molecule has 2 atom stereocenters. The van der Waals surface area contributed by atoms with E-state index in [-0.39, 0.29) is 17.8 Å². The quantitative estimate of drug-likeness (QED) is 0.790. The largest absolute Gasteiger partial charge is 0.434 e. The lowest BCUT2D eigenvalue weighted by Crippen LogP contribution is -2.34. The number of nitrogens with one attached hydrogen (secondary N) is 1. The number of para-hydroxylation sites is 1. The third-order valence-corrected chi connectivity index (χ3v) is 2.84. The van der Waals surface area contributed by atoms with Gasteiger partial charge in [0.05, 0.1) is 0 Å². The molecule has 0 spiro atoms. The van der Waals surface area contributed by atoms with Crippen LogP contribution in [0.2, 0.25) is 0 Å². The van der Waals surface area contributed by atoms with E-state index in [4.69, 9.17) is 5.73 Å². The van der Waals surface area contributed by atoms with E-state index in [0.717, 1.165) is 6.42 Å². The molecule has 1 aromatic carbocycles. The molecular weight excluding hydrogens is 238 g/mol. The number of halogens is 2. The van der Waals surface area contributed by atoms with Gasteiger partial charge in [-0.3, -0.25) is 0 Å². The Kier molecular flexibility index (Phi) is 6.01. The molecule has 5 heteroatoms. The topological polar surface area (TPSA) is 47.3 Å². The Balaban J connectivity index is 2.90. The second kappa shape index (κ2) is 7.28. The van der Waals surface area contributed by atoms with Gasteiger partial charge in [-0.2, -0.15) is 8.78 Å². The first kappa shape index (κ1) is 14.9. The molecule has 0 bridgehead atoms. The molecule has 0 radical (unpaired) electrons. The standard InChI is InChI=1S/C13H20F2N2O/c1-3-9(2)17-11(8-16)10-6-4-5-7-12(10)18-13(14)15/h4-7,9,11,13,17H,3,8,16H2,1-2H3. The molecule has 0 fully saturated rings. The summed E-state index contributed by atoms with van der Waals surface area (Å²) in [4.78, 5) is 0. The van der Waals surface area contributed by atoms with E-state index in [0.29, 0.717) is 12.1 Å². The summed E-state index contributed by atoms with van der Waals surface area (Å²) in [6.07, 6.45) is 0.939. The van der Waals surface area contributed by atoms with Gasteiger partial charge in [-0.15, -0.1) is 0 Å². The fraction of sp³-hybridized carbons (Fsp3) is 0.538. The molecule has 0 heterocycles. The Morgan fingerprint density at radius 1 is 1.33 bits per heavy atom. The van der Waals surface area contributed by atoms with Crippen LogP contribution in [0, 0.1) is 0 Å². The van der Waals surface area contributed by atoms with Crippen LogP contribution in [-0.4, -0.2) is 19.2 Å². The third kappa shape index (κ3) is 4.23. The minimum absolute atomic E-state index is 0.179. The highest BCUT2D eigenvalue weighted by molar-refractivity contribution is 5.36. The fourth-order valence-electron chi connectivity index (χ4n) is 1.72. The number of alkyl halides is 2. The summed E-state index contributed by atoms with van der Waals surface area (Å²) in [6, 6.07) is 6.81. The van der Waals surface area contributed by atoms with E-state index in [1.54, 1.807) is 18.2 Å². The van der Waals surface area contributed by atoms with Crippen molar-refractivity contribution in [2.45, 2.75) is 39.0 Å². The van der Waals surface area contributed by atoms with Gasteiger partial charge in [0.15, 0.2) is 0 Å². The van der Waals surface area contributed by atoms with Crippen molar-refractivity contribution in [3.05, 3.63) is 29.8 Å². The summed E-state index contributed by atoms with van der Waals surface area (Å²) in [6.45, 7) is 1.58. The summed E-state index contributed by atoms with van der Waals surface area (Å²) in [5.41, 5.74) is 6.37. The summed E-state index contributed by atoms with van der Waals surface area (Å²) < 4.78 is 29.2. The van der Waals surface area contributed by atoms with E-state index in [2.05, 4.69) is 10.1 Å². The average molecular weight is 258 g/mol. The zero-order valence-electron chi connectivity index (χ0n) is 10.7. The monoisotopic (exact) mass is 258 g/mol. The van der Waals surface area contributed by atoms with Crippen LogP contribution >= 0.6 is 0 Å². The van der Waals surface area contributed by atoms with Gasteiger partial charge >= 0.3 is 6.61 Å². The Morgan fingerprint density at radius 2 is 2.00 bits per heavy atom. The number of rotatable bonds is 7. The maximum Gasteiger partial charge on any atom is 0.387 e. The first-order chi connectivity index (χ1) is 8.58. The second-order valence-corrected chi connectivity index (χ2v) is 4.18. The van der Waals surface area contributed by atoms with Crippen molar-refractivity contribution < 1.29 is 13.5 Å². The van der Waals surface area contributed by atoms with E-state index in [9.17, 15) is 8.78 Å². The summed E-state index contributed by atoms with van der Waals surface area (Å²) in [5.74, 6) is 0.179. The predicted molar refractivity (Wildman–Crippen MR) is 67.8 cm³/mol. The van der Waals surface area contributed by atoms with Crippen LogP contribution in [0.1, 0.15) is 31.9 Å². The SMILES string of the molecule is CCC(C)NC(CN)c1ccccc1OC(F)F. The van der Waals surface area contributed by atoms with Crippen molar-refractivity contribution in [3.63, 3.8) is 0 Å². The van der Waals surface area contributed by atoms with Crippen molar-refractivity contribution >= 4 is 0 Å². The average Bonchev–Trinajstić information content (AvgIpc) is 2.36. The first-order valence-electron chi connectivity index (χ1n) is 6.08. The predicted octanol–water partition coefficient (Wildman–Crippen LogP) is 2.68. The molecule has 0 aromatic heterocycles. The Morgan fingerprint density at radius 3 is 2.56 bits per heavy atom. The van der Waals surface area contributed by atoms with Gasteiger partial charge in [-0.1, -0.05) is 25.1 Å². The molecule has 0 aliphatic rings. The summed E-state index contributed by atoms with van der Waals surface area (Å²) >= 11 is 0. The van der Waals surface area contributed by atoms with Crippen LogP contribution in [0.4, 0.5) is 8.78 Å². The molecule has 0 saturated carbocycles. The molecule has 2 unspecified atom stereocenters. The van der Waals surface area contributed by atoms with Crippen LogP contribution in [-0.2, 0) is 0 Å². The summed E-state index contributed by atoms with van der Waals surface area (Å²) in [5, 5.41) is 3.30. The minimum Gasteiger partial charge on any atom is -0.434 e. The molecule has 18 heavy (non-hydrogen) atoms. The van der Waals surface area contributed by atoms with Crippen LogP contribution in [0.15, 0.2) is 24.3 Å². The zero-order valence-corrected chi connectivity index (χ0v) is 10.7. The molecule has 102 valence electrons. The highest BCUT2D eigenvalue weighted by atomic mass is 19.3. The van der Waals surface area contributed by atoms with Crippen LogP contribution < -0.4 is 15.8 Å². The molecule has 3 N–H and O–H groups in total. The van der Waals surface area contributed by atoms with Crippen LogP contribution in [0.5, 0.6) is 5.75 Å². The summed E-state index contributed by atoms with van der Waals surface area (Å²) in [7, 11) is 0. The van der Waals surface area contributed by atoms with Crippen LogP contribution in [0.25, 0.3) is 0 Å². The van der Waals surface area contributed by atoms with Crippen molar-refractivity contribution in [2.24, 2.45) is 5.73 Å². The lowest BCUT2D eigenvalue weighted by molar-refractivity contribution is -0.0507. The second-order valence-electron chi connectivity index (χ2n) is 4.18. The van der Waals surface area contributed by atoms with Gasteiger partial charge in [-0.05, 0) is 19.4 Å². The molecular formula is C13H20F2N2O. The zero-order chi connectivity index (χ0) is 13.5. The van der Waals surface area contributed by atoms with Crippen LogP contribution in [0.3, 0.4) is 0 Å². The van der Waals surface area contributed by atoms with E-state index in [1.807, 2.05) is 13.8 Å². The fourth-order valence-corrected chi connectivity index (χ4v) is 1.72. The van der Waals surface area contributed by atoms with Gasteiger partial charge < -0.3 is 15.8 Å². The number of ether oxygens (including phenoxy) is 1. The van der Waals surface area contributed by atoms with E-state index < -0.39 is 6.61 Å².